The number of aliphatic hydroxyl groups is 3. The van der Waals surface area contributed by atoms with Gasteiger partial charge in [0, 0.05) is 6.42 Å². The summed E-state index contributed by atoms with van der Waals surface area (Å²) in [5, 5.41) is 26.4. The number of esters is 1. The van der Waals surface area contributed by atoms with Crippen LogP contribution in [0.1, 0.15) is 26.2 Å². The third-order valence-electron chi connectivity index (χ3n) is 1.80. The van der Waals surface area contributed by atoms with Crippen LogP contribution in [0, 0.1) is 0 Å². The van der Waals surface area contributed by atoms with Crippen LogP contribution < -0.4 is 0 Å². The maximum Gasteiger partial charge on any atom is 0.305 e. The van der Waals surface area contributed by atoms with E-state index in [1.54, 1.807) is 0 Å². The number of carbonyl (C=O) groups is 1. The lowest BCUT2D eigenvalue weighted by Crippen LogP contribution is -2.22. The summed E-state index contributed by atoms with van der Waals surface area (Å²) in [6.07, 6.45) is -0.398. The molecule has 3 N–H and O–H groups in total. The van der Waals surface area contributed by atoms with Crippen molar-refractivity contribution in [1.29, 1.82) is 0 Å². The van der Waals surface area contributed by atoms with Gasteiger partial charge in [-0.2, -0.15) is 0 Å². The molecule has 2 unspecified atom stereocenters. The summed E-state index contributed by atoms with van der Waals surface area (Å²) in [5.74, 6) is -0.468. The quantitative estimate of drug-likeness (QED) is 0.486. The molecule has 0 aromatic rings. The van der Waals surface area contributed by atoms with E-state index in [-0.39, 0.29) is 13.0 Å². The van der Waals surface area contributed by atoms with Crippen molar-refractivity contribution in [1.82, 2.24) is 0 Å². The molecule has 0 rings (SSSR count). The van der Waals surface area contributed by atoms with Crippen LogP contribution in [0.25, 0.3) is 0 Å². The van der Waals surface area contributed by atoms with E-state index in [9.17, 15) is 4.79 Å². The van der Waals surface area contributed by atoms with E-state index in [1.165, 1.54) is 0 Å². The summed E-state index contributed by atoms with van der Waals surface area (Å²) in [6.45, 7) is 1.20. The minimum Gasteiger partial charge on any atom is -0.463 e. The average molecular weight is 206 g/mol. The highest BCUT2D eigenvalue weighted by molar-refractivity contribution is 5.69. The highest BCUT2D eigenvalue weighted by Crippen LogP contribution is 2.02. The van der Waals surface area contributed by atoms with E-state index in [2.05, 4.69) is 4.74 Å². The normalized spacial score (nSPS) is 14.9. The van der Waals surface area contributed by atoms with E-state index in [0.717, 1.165) is 0 Å². The number of hydrogen-bond donors (Lipinski definition) is 3. The van der Waals surface area contributed by atoms with Crippen molar-refractivity contribution in [2.24, 2.45) is 0 Å². The summed E-state index contributed by atoms with van der Waals surface area (Å²) in [4.78, 5) is 11.0. The monoisotopic (exact) mass is 206 g/mol. The van der Waals surface area contributed by atoms with Gasteiger partial charge in [0.05, 0.1) is 12.7 Å². The fourth-order valence-electron chi connectivity index (χ4n) is 0.803. The van der Waals surface area contributed by atoms with Crippen molar-refractivity contribution >= 4 is 5.97 Å². The predicted molar refractivity (Wildman–Crippen MR) is 49.6 cm³/mol. The van der Waals surface area contributed by atoms with Crippen molar-refractivity contribution in [2.45, 2.75) is 38.4 Å². The van der Waals surface area contributed by atoms with Gasteiger partial charge in [-0.25, -0.2) is 0 Å². The smallest absolute Gasteiger partial charge is 0.305 e. The standard InChI is InChI=1S/C9H18O5/c1-2-7(11)3-4-9(13)14-6-8(12)5-10/h7-8,10-12H,2-6H2,1H3. The molecule has 5 heteroatoms. The van der Waals surface area contributed by atoms with Crippen LogP contribution in [-0.4, -0.2) is 46.7 Å². The second kappa shape index (κ2) is 7.73. The van der Waals surface area contributed by atoms with Crippen molar-refractivity contribution in [3.05, 3.63) is 0 Å². The summed E-state index contributed by atoms with van der Waals surface area (Å²) in [6, 6.07) is 0. The van der Waals surface area contributed by atoms with Gasteiger partial charge in [-0.1, -0.05) is 6.92 Å². The molecule has 0 aliphatic rings. The Hall–Kier alpha value is -0.650. The van der Waals surface area contributed by atoms with Crippen LogP contribution in [0.3, 0.4) is 0 Å². The van der Waals surface area contributed by atoms with Gasteiger partial charge in [0.1, 0.15) is 12.7 Å². The van der Waals surface area contributed by atoms with Crippen LogP contribution in [0.15, 0.2) is 0 Å². The Morgan fingerprint density at radius 3 is 2.50 bits per heavy atom. The lowest BCUT2D eigenvalue weighted by atomic mass is 10.1. The van der Waals surface area contributed by atoms with Crippen LogP contribution in [0.2, 0.25) is 0 Å². The summed E-state index contributed by atoms with van der Waals surface area (Å²) < 4.78 is 4.63. The second-order valence-corrected chi connectivity index (χ2v) is 3.12. The molecule has 84 valence electrons. The molecule has 0 aromatic heterocycles. The fourth-order valence-corrected chi connectivity index (χ4v) is 0.803. The largest absolute Gasteiger partial charge is 0.463 e. The van der Waals surface area contributed by atoms with Gasteiger partial charge in [0.2, 0.25) is 0 Å². The van der Waals surface area contributed by atoms with Crippen LogP contribution in [-0.2, 0) is 9.53 Å². The Morgan fingerprint density at radius 1 is 1.36 bits per heavy atom. The zero-order valence-corrected chi connectivity index (χ0v) is 8.35. The average Bonchev–Trinajstić information content (AvgIpc) is 2.22. The number of hydrogen-bond acceptors (Lipinski definition) is 5. The maximum absolute atomic E-state index is 11.0. The Balaban J connectivity index is 3.46. The van der Waals surface area contributed by atoms with E-state index in [4.69, 9.17) is 15.3 Å². The van der Waals surface area contributed by atoms with E-state index in [0.29, 0.717) is 12.8 Å². The highest BCUT2D eigenvalue weighted by Gasteiger charge is 2.09. The first-order chi connectivity index (χ1) is 6.60. The minimum absolute atomic E-state index is 0.132. The van der Waals surface area contributed by atoms with Crippen molar-refractivity contribution in [2.75, 3.05) is 13.2 Å². The summed E-state index contributed by atoms with van der Waals surface area (Å²) in [7, 11) is 0. The Morgan fingerprint density at radius 2 is 2.00 bits per heavy atom. The van der Waals surface area contributed by atoms with Crippen LogP contribution in [0.4, 0.5) is 0 Å². The number of ether oxygens (including phenoxy) is 1. The maximum atomic E-state index is 11.0. The van der Waals surface area contributed by atoms with Gasteiger partial charge < -0.3 is 20.1 Å². The van der Waals surface area contributed by atoms with E-state index >= 15 is 0 Å². The van der Waals surface area contributed by atoms with Gasteiger partial charge in [-0.3, -0.25) is 4.79 Å². The first kappa shape index (κ1) is 13.4. The number of carbonyl (C=O) groups excluding carboxylic acids is 1. The zero-order valence-electron chi connectivity index (χ0n) is 8.35. The Bertz CT molecular complexity index is 143. The molecule has 0 aromatic carbocycles. The molecule has 0 bridgehead atoms. The van der Waals surface area contributed by atoms with Gasteiger partial charge in [0.15, 0.2) is 0 Å². The zero-order chi connectivity index (χ0) is 11.0. The Kier molecular flexibility index (Phi) is 7.37. The molecule has 2 atom stereocenters. The molecule has 14 heavy (non-hydrogen) atoms. The van der Waals surface area contributed by atoms with Crippen LogP contribution >= 0.6 is 0 Å². The highest BCUT2D eigenvalue weighted by atomic mass is 16.5. The van der Waals surface area contributed by atoms with E-state index < -0.39 is 24.8 Å². The summed E-state index contributed by atoms with van der Waals surface area (Å²) >= 11 is 0. The Labute approximate surface area is 83.3 Å². The van der Waals surface area contributed by atoms with Gasteiger partial charge in [-0.05, 0) is 12.8 Å². The first-order valence-electron chi connectivity index (χ1n) is 4.72. The number of aliphatic hydroxyl groups excluding tert-OH is 3. The fraction of sp³-hybridized carbons (Fsp3) is 0.889. The first-order valence-corrected chi connectivity index (χ1v) is 4.72. The molecule has 0 radical (unpaired) electrons. The van der Waals surface area contributed by atoms with Crippen molar-refractivity contribution in [3.63, 3.8) is 0 Å². The van der Waals surface area contributed by atoms with E-state index in [1.807, 2.05) is 6.92 Å². The molecule has 0 amide bonds. The van der Waals surface area contributed by atoms with Gasteiger partial charge >= 0.3 is 5.97 Å². The molecular weight excluding hydrogens is 188 g/mol. The summed E-state index contributed by atoms with van der Waals surface area (Å²) in [5.41, 5.74) is 0. The predicted octanol–water partition coefficient (Wildman–Crippen LogP) is -0.566. The van der Waals surface area contributed by atoms with Crippen molar-refractivity contribution < 1.29 is 24.9 Å². The van der Waals surface area contributed by atoms with Crippen LogP contribution in [0.5, 0.6) is 0 Å². The minimum atomic E-state index is -1.02. The molecule has 0 aliphatic carbocycles. The second-order valence-electron chi connectivity index (χ2n) is 3.12. The molecular formula is C9H18O5. The van der Waals surface area contributed by atoms with Gasteiger partial charge in [-0.15, -0.1) is 0 Å². The van der Waals surface area contributed by atoms with Gasteiger partial charge in [0.25, 0.3) is 0 Å². The molecule has 5 nitrogen and oxygen atoms in total. The topological polar surface area (TPSA) is 87.0 Å². The number of rotatable bonds is 7. The third kappa shape index (κ3) is 6.82. The SMILES string of the molecule is CCC(O)CCC(=O)OCC(O)CO. The third-order valence-corrected chi connectivity index (χ3v) is 1.80. The lowest BCUT2D eigenvalue weighted by Gasteiger charge is -2.09. The molecule has 0 aliphatic heterocycles. The molecule has 0 saturated carbocycles. The molecule has 0 saturated heterocycles. The molecule has 0 spiro atoms. The lowest BCUT2D eigenvalue weighted by molar-refractivity contribution is -0.147. The molecule has 0 fully saturated rings. The molecule has 0 heterocycles. The van der Waals surface area contributed by atoms with Crippen molar-refractivity contribution in [3.8, 4) is 0 Å².